The number of phenolic OH excluding ortho intramolecular Hbond substituents is 1. The van der Waals surface area contributed by atoms with Gasteiger partial charge in [0, 0.05) is 22.9 Å². The first-order chi connectivity index (χ1) is 7.72. The number of hydrogen-bond acceptors (Lipinski definition) is 4. The fraction of sp³-hybridized carbons (Fsp3) is 0. The van der Waals surface area contributed by atoms with Gasteiger partial charge in [0.1, 0.15) is 5.75 Å². The molecule has 0 aliphatic rings. The van der Waals surface area contributed by atoms with Crippen LogP contribution in [-0.2, 0) is 0 Å². The van der Waals surface area contributed by atoms with Crippen molar-refractivity contribution in [1.82, 2.24) is 4.98 Å². The predicted molar refractivity (Wildman–Crippen MR) is 64.0 cm³/mol. The zero-order valence-corrected chi connectivity index (χ0v) is 9.19. The molecule has 4 heteroatoms. The number of aromatic hydroxyl groups is 1. The van der Waals surface area contributed by atoms with Crippen molar-refractivity contribution in [2.24, 2.45) is 0 Å². The Balaban J connectivity index is 2.59. The number of carbonyl (C=O) groups excluding carboxylic acids is 1. The van der Waals surface area contributed by atoms with E-state index in [4.69, 9.17) is 0 Å². The van der Waals surface area contributed by atoms with E-state index in [1.165, 1.54) is 0 Å². The monoisotopic (exact) mass is 231 g/mol. The van der Waals surface area contributed by atoms with Gasteiger partial charge in [-0.1, -0.05) is 6.07 Å². The zero-order chi connectivity index (χ0) is 11.5. The van der Waals surface area contributed by atoms with Crippen LogP contribution in [0.5, 0.6) is 5.75 Å². The van der Waals surface area contributed by atoms with Gasteiger partial charge in [0.15, 0.2) is 6.29 Å². The minimum absolute atomic E-state index is 0.0917. The number of phenols is 1. The van der Waals surface area contributed by atoms with Gasteiger partial charge in [-0.3, -0.25) is 9.78 Å². The topological polar surface area (TPSA) is 50.2 Å². The van der Waals surface area contributed by atoms with Crippen LogP contribution in [0.2, 0.25) is 0 Å². The molecule has 0 saturated carbocycles. The second-order valence-corrected chi connectivity index (χ2v) is 3.77. The molecule has 2 aromatic rings. The molecule has 1 aromatic heterocycles. The standard InChI is InChI=1S/C12H9NO2S/c14-7-10-4-9(5-11(16)12(10)15)8-2-1-3-13-6-8/h1-7,15-16H. The Morgan fingerprint density at radius 3 is 2.75 bits per heavy atom. The third-order valence-corrected chi connectivity index (χ3v) is 2.58. The number of aldehydes is 1. The SMILES string of the molecule is O=Cc1cc(-c2cccnc2)cc(S)c1O. The van der Waals surface area contributed by atoms with Crippen molar-refractivity contribution in [3.63, 3.8) is 0 Å². The quantitative estimate of drug-likeness (QED) is 0.617. The summed E-state index contributed by atoms with van der Waals surface area (Å²) >= 11 is 4.11. The molecule has 1 aromatic carbocycles. The van der Waals surface area contributed by atoms with E-state index in [0.717, 1.165) is 11.1 Å². The van der Waals surface area contributed by atoms with Crippen LogP contribution in [0.15, 0.2) is 41.6 Å². The van der Waals surface area contributed by atoms with E-state index in [-0.39, 0.29) is 11.3 Å². The number of benzene rings is 1. The maximum absolute atomic E-state index is 10.8. The fourth-order valence-corrected chi connectivity index (χ4v) is 1.70. The van der Waals surface area contributed by atoms with Crippen LogP contribution in [0.1, 0.15) is 10.4 Å². The second kappa shape index (κ2) is 4.37. The Morgan fingerprint density at radius 2 is 2.12 bits per heavy atom. The van der Waals surface area contributed by atoms with Gasteiger partial charge in [-0.2, -0.15) is 0 Å². The third-order valence-electron chi connectivity index (χ3n) is 2.24. The maximum atomic E-state index is 10.8. The highest BCUT2D eigenvalue weighted by molar-refractivity contribution is 7.80. The van der Waals surface area contributed by atoms with E-state index in [1.54, 1.807) is 30.6 Å². The van der Waals surface area contributed by atoms with E-state index in [0.29, 0.717) is 11.2 Å². The van der Waals surface area contributed by atoms with Crippen molar-refractivity contribution in [3.8, 4) is 16.9 Å². The molecule has 0 bridgehead atoms. The molecule has 0 unspecified atom stereocenters. The fourth-order valence-electron chi connectivity index (χ4n) is 1.43. The number of thiol groups is 1. The van der Waals surface area contributed by atoms with Crippen LogP contribution >= 0.6 is 12.6 Å². The number of nitrogens with zero attached hydrogens (tertiary/aromatic N) is 1. The summed E-state index contributed by atoms with van der Waals surface area (Å²) in [6.45, 7) is 0. The van der Waals surface area contributed by atoms with Crippen molar-refractivity contribution in [3.05, 3.63) is 42.2 Å². The number of aromatic nitrogens is 1. The van der Waals surface area contributed by atoms with Crippen molar-refractivity contribution in [2.75, 3.05) is 0 Å². The number of pyridine rings is 1. The van der Waals surface area contributed by atoms with Crippen LogP contribution < -0.4 is 0 Å². The molecule has 1 heterocycles. The Morgan fingerprint density at radius 1 is 1.31 bits per heavy atom. The summed E-state index contributed by atoms with van der Waals surface area (Å²) in [6.07, 6.45) is 3.97. The van der Waals surface area contributed by atoms with Crippen molar-refractivity contribution < 1.29 is 9.90 Å². The lowest BCUT2D eigenvalue weighted by Crippen LogP contribution is -1.86. The Labute approximate surface area is 98.2 Å². The lowest BCUT2D eigenvalue weighted by Gasteiger charge is -2.06. The van der Waals surface area contributed by atoms with Gasteiger partial charge in [-0.05, 0) is 23.8 Å². The minimum Gasteiger partial charge on any atom is -0.506 e. The molecular weight excluding hydrogens is 222 g/mol. The average Bonchev–Trinajstić information content (AvgIpc) is 2.33. The second-order valence-electron chi connectivity index (χ2n) is 3.29. The average molecular weight is 231 g/mol. The molecule has 0 radical (unpaired) electrons. The Bertz CT molecular complexity index is 526. The first-order valence-corrected chi connectivity index (χ1v) is 5.08. The molecule has 0 fully saturated rings. The van der Waals surface area contributed by atoms with Gasteiger partial charge >= 0.3 is 0 Å². The Kier molecular flexibility index (Phi) is 2.92. The van der Waals surface area contributed by atoms with Gasteiger partial charge < -0.3 is 5.11 Å². The number of carbonyl (C=O) groups is 1. The largest absolute Gasteiger partial charge is 0.506 e. The molecule has 0 aliphatic heterocycles. The van der Waals surface area contributed by atoms with Gasteiger partial charge in [0.2, 0.25) is 0 Å². The maximum Gasteiger partial charge on any atom is 0.153 e. The molecular formula is C12H9NO2S. The third kappa shape index (κ3) is 1.92. The summed E-state index contributed by atoms with van der Waals surface area (Å²) in [4.78, 5) is 15.1. The highest BCUT2D eigenvalue weighted by Gasteiger charge is 2.08. The van der Waals surface area contributed by atoms with E-state index < -0.39 is 0 Å². The molecule has 0 aliphatic carbocycles. The first kappa shape index (κ1) is 10.7. The molecule has 0 amide bonds. The van der Waals surface area contributed by atoms with Gasteiger partial charge in [-0.15, -0.1) is 12.6 Å². The van der Waals surface area contributed by atoms with E-state index in [2.05, 4.69) is 17.6 Å². The predicted octanol–water partition coefficient (Wildman–Crippen LogP) is 2.56. The summed E-state index contributed by atoms with van der Waals surface area (Å²) in [5, 5.41) is 9.55. The normalized spacial score (nSPS) is 10.1. The summed E-state index contributed by atoms with van der Waals surface area (Å²) in [5.41, 5.74) is 1.91. The molecule has 3 nitrogen and oxygen atoms in total. The molecule has 16 heavy (non-hydrogen) atoms. The summed E-state index contributed by atoms with van der Waals surface area (Å²) in [7, 11) is 0. The van der Waals surface area contributed by atoms with Crippen LogP contribution in [0.3, 0.4) is 0 Å². The van der Waals surface area contributed by atoms with Crippen LogP contribution in [0.4, 0.5) is 0 Å². The van der Waals surface area contributed by atoms with E-state index in [1.807, 2.05) is 6.07 Å². The molecule has 0 spiro atoms. The Hall–Kier alpha value is -1.81. The van der Waals surface area contributed by atoms with Gasteiger partial charge in [0.25, 0.3) is 0 Å². The molecule has 0 atom stereocenters. The summed E-state index contributed by atoms with van der Waals surface area (Å²) in [6, 6.07) is 6.99. The molecule has 1 N–H and O–H groups in total. The minimum atomic E-state index is -0.0917. The van der Waals surface area contributed by atoms with E-state index >= 15 is 0 Å². The lowest BCUT2D eigenvalue weighted by molar-refractivity contribution is 0.112. The van der Waals surface area contributed by atoms with Crippen LogP contribution in [-0.4, -0.2) is 16.4 Å². The lowest BCUT2D eigenvalue weighted by atomic mass is 10.0. The smallest absolute Gasteiger partial charge is 0.153 e. The molecule has 0 saturated heterocycles. The first-order valence-electron chi connectivity index (χ1n) is 4.64. The van der Waals surface area contributed by atoms with Crippen molar-refractivity contribution in [2.45, 2.75) is 4.90 Å². The highest BCUT2D eigenvalue weighted by atomic mass is 32.1. The number of rotatable bonds is 2. The van der Waals surface area contributed by atoms with Crippen LogP contribution in [0.25, 0.3) is 11.1 Å². The molecule has 80 valence electrons. The zero-order valence-electron chi connectivity index (χ0n) is 8.29. The molecule has 2 rings (SSSR count). The van der Waals surface area contributed by atoms with Crippen molar-refractivity contribution >= 4 is 18.9 Å². The summed E-state index contributed by atoms with van der Waals surface area (Å²) < 4.78 is 0. The van der Waals surface area contributed by atoms with Crippen molar-refractivity contribution in [1.29, 1.82) is 0 Å². The highest BCUT2D eigenvalue weighted by Crippen LogP contribution is 2.30. The van der Waals surface area contributed by atoms with Gasteiger partial charge in [0.05, 0.1) is 5.56 Å². The van der Waals surface area contributed by atoms with Crippen LogP contribution in [0, 0.1) is 0 Å². The van der Waals surface area contributed by atoms with E-state index in [9.17, 15) is 9.90 Å². The summed E-state index contributed by atoms with van der Waals surface area (Å²) in [5.74, 6) is -0.0917. The van der Waals surface area contributed by atoms with Gasteiger partial charge in [-0.25, -0.2) is 0 Å². The number of hydrogen-bond donors (Lipinski definition) is 2.